The Hall–Kier alpha value is -1.95. The van der Waals surface area contributed by atoms with Gasteiger partial charge >= 0.3 is 0 Å². The van der Waals surface area contributed by atoms with E-state index in [9.17, 15) is 9.18 Å². The normalized spacial score (nSPS) is 15.9. The van der Waals surface area contributed by atoms with Gasteiger partial charge in [0.2, 0.25) is 5.91 Å². The molecule has 1 aliphatic rings. The van der Waals surface area contributed by atoms with Crippen LogP contribution in [0.4, 0.5) is 10.1 Å². The zero-order valence-corrected chi connectivity index (χ0v) is 14.7. The van der Waals surface area contributed by atoms with Crippen molar-refractivity contribution >= 4 is 23.2 Å². The molecule has 0 radical (unpaired) electrons. The second-order valence-corrected chi connectivity index (χ2v) is 6.62. The molecule has 0 saturated carbocycles. The number of piperazine rings is 1. The van der Waals surface area contributed by atoms with Gasteiger partial charge in [-0.1, -0.05) is 41.9 Å². The lowest BCUT2D eigenvalue weighted by molar-refractivity contribution is -0.117. The highest BCUT2D eigenvalue weighted by molar-refractivity contribution is 6.31. The number of carbonyl (C=O) groups is 1. The number of benzene rings is 2. The number of nitrogens with zero attached hydrogens (tertiary/aromatic N) is 2. The highest BCUT2D eigenvalue weighted by Crippen LogP contribution is 2.19. The Morgan fingerprint density at radius 1 is 1.04 bits per heavy atom. The van der Waals surface area contributed by atoms with Crippen molar-refractivity contribution in [2.24, 2.45) is 0 Å². The van der Waals surface area contributed by atoms with Crippen LogP contribution < -0.4 is 5.32 Å². The van der Waals surface area contributed by atoms with Gasteiger partial charge in [-0.25, -0.2) is 4.39 Å². The molecule has 6 heteroatoms. The van der Waals surface area contributed by atoms with Crippen molar-refractivity contribution in [2.75, 3.05) is 38.0 Å². The van der Waals surface area contributed by atoms with E-state index in [2.05, 4.69) is 39.4 Å². The van der Waals surface area contributed by atoms with Gasteiger partial charge in [0.25, 0.3) is 0 Å². The zero-order valence-electron chi connectivity index (χ0n) is 13.9. The van der Waals surface area contributed by atoms with E-state index in [-0.39, 0.29) is 10.9 Å². The summed E-state index contributed by atoms with van der Waals surface area (Å²) in [6, 6.07) is 14.6. The van der Waals surface area contributed by atoms with Gasteiger partial charge < -0.3 is 5.32 Å². The predicted molar refractivity (Wildman–Crippen MR) is 98.2 cm³/mol. The van der Waals surface area contributed by atoms with Crippen molar-refractivity contribution in [3.8, 4) is 0 Å². The molecular weight excluding hydrogens is 341 g/mol. The van der Waals surface area contributed by atoms with Gasteiger partial charge in [-0.3, -0.25) is 14.6 Å². The molecule has 0 spiro atoms. The van der Waals surface area contributed by atoms with Crippen LogP contribution in [0.2, 0.25) is 5.02 Å². The summed E-state index contributed by atoms with van der Waals surface area (Å²) < 4.78 is 13.1. The van der Waals surface area contributed by atoms with E-state index in [0.29, 0.717) is 12.2 Å². The average Bonchev–Trinajstić information content (AvgIpc) is 2.61. The fourth-order valence-corrected chi connectivity index (χ4v) is 3.11. The van der Waals surface area contributed by atoms with Crippen LogP contribution in [0.15, 0.2) is 48.5 Å². The Morgan fingerprint density at radius 2 is 1.72 bits per heavy atom. The molecule has 0 aliphatic carbocycles. The number of amides is 1. The summed E-state index contributed by atoms with van der Waals surface area (Å²) in [6.45, 7) is 4.84. The third-order valence-electron chi connectivity index (χ3n) is 4.28. The Labute approximate surface area is 152 Å². The molecule has 3 rings (SSSR count). The van der Waals surface area contributed by atoms with Gasteiger partial charge in [0.1, 0.15) is 5.82 Å². The molecule has 1 saturated heterocycles. The Bertz CT molecular complexity index is 718. The molecule has 2 aromatic rings. The van der Waals surface area contributed by atoms with Crippen LogP contribution in [0.1, 0.15) is 5.56 Å². The van der Waals surface area contributed by atoms with Crippen molar-refractivity contribution in [3.05, 3.63) is 64.9 Å². The standard InChI is InChI=1S/C19H21ClFN3O/c20-17-12-16(6-7-18(17)21)22-19(25)14-24-10-8-23(9-11-24)13-15-4-2-1-3-5-15/h1-7,12H,8-11,13-14H2,(H,22,25). The van der Waals surface area contributed by atoms with Crippen LogP contribution in [-0.4, -0.2) is 48.4 Å². The van der Waals surface area contributed by atoms with Crippen LogP contribution in [0.3, 0.4) is 0 Å². The molecule has 132 valence electrons. The summed E-state index contributed by atoms with van der Waals surface area (Å²) >= 11 is 5.73. The fraction of sp³-hybridized carbons (Fsp3) is 0.316. The van der Waals surface area contributed by atoms with E-state index in [1.807, 2.05) is 6.07 Å². The van der Waals surface area contributed by atoms with E-state index < -0.39 is 5.82 Å². The third-order valence-corrected chi connectivity index (χ3v) is 4.57. The molecule has 2 aromatic carbocycles. The minimum Gasteiger partial charge on any atom is -0.325 e. The summed E-state index contributed by atoms with van der Waals surface area (Å²) in [4.78, 5) is 16.7. The van der Waals surface area contributed by atoms with E-state index in [1.54, 1.807) is 0 Å². The highest BCUT2D eigenvalue weighted by Gasteiger charge is 2.19. The van der Waals surface area contributed by atoms with Gasteiger partial charge in [0.15, 0.2) is 0 Å². The predicted octanol–water partition coefficient (Wildman–Crippen LogP) is 3.24. The minimum absolute atomic E-state index is 0.00678. The van der Waals surface area contributed by atoms with Gasteiger partial charge in [-0.15, -0.1) is 0 Å². The third kappa shape index (κ3) is 5.26. The summed E-state index contributed by atoms with van der Waals surface area (Å²) in [5.41, 5.74) is 1.82. The van der Waals surface area contributed by atoms with E-state index >= 15 is 0 Å². The van der Waals surface area contributed by atoms with Gasteiger partial charge in [-0.05, 0) is 23.8 Å². The number of anilines is 1. The quantitative estimate of drug-likeness (QED) is 0.888. The SMILES string of the molecule is O=C(CN1CCN(Cc2ccccc2)CC1)Nc1ccc(F)c(Cl)c1. The number of nitrogens with one attached hydrogen (secondary N) is 1. The highest BCUT2D eigenvalue weighted by atomic mass is 35.5. The van der Waals surface area contributed by atoms with Crippen LogP contribution in [0.25, 0.3) is 0 Å². The molecule has 1 fully saturated rings. The van der Waals surface area contributed by atoms with Crippen molar-refractivity contribution in [1.29, 1.82) is 0 Å². The second-order valence-electron chi connectivity index (χ2n) is 6.21. The second kappa shape index (κ2) is 8.43. The molecule has 1 amide bonds. The van der Waals surface area contributed by atoms with Crippen molar-refractivity contribution in [1.82, 2.24) is 9.80 Å². The molecule has 25 heavy (non-hydrogen) atoms. The maximum Gasteiger partial charge on any atom is 0.238 e. The number of carbonyl (C=O) groups excluding carboxylic acids is 1. The largest absolute Gasteiger partial charge is 0.325 e. The summed E-state index contributed by atoms with van der Waals surface area (Å²) in [7, 11) is 0. The Balaban J connectivity index is 1.43. The van der Waals surface area contributed by atoms with E-state index in [0.717, 1.165) is 32.7 Å². The van der Waals surface area contributed by atoms with E-state index in [1.165, 1.54) is 23.8 Å². The lowest BCUT2D eigenvalue weighted by atomic mass is 10.2. The fourth-order valence-electron chi connectivity index (χ4n) is 2.92. The monoisotopic (exact) mass is 361 g/mol. The lowest BCUT2D eigenvalue weighted by Crippen LogP contribution is -2.48. The zero-order chi connectivity index (χ0) is 17.6. The van der Waals surface area contributed by atoms with Crippen molar-refractivity contribution in [2.45, 2.75) is 6.54 Å². The first-order chi connectivity index (χ1) is 12.1. The smallest absolute Gasteiger partial charge is 0.238 e. The molecule has 0 bridgehead atoms. The first-order valence-corrected chi connectivity index (χ1v) is 8.71. The molecule has 1 heterocycles. The minimum atomic E-state index is -0.491. The Morgan fingerprint density at radius 3 is 2.40 bits per heavy atom. The van der Waals surface area contributed by atoms with Crippen LogP contribution in [0.5, 0.6) is 0 Å². The summed E-state index contributed by atoms with van der Waals surface area (Å²) in [5.74, 6) is -0.603. The van der Waals surface area contributed by atoms with Gasteiger partial charge in [0, 0.05) is 38.4 Å². The molecule has 1 aliphatic heterocycles. The first-order valence-electron chi connectivity index (χ1n) is 8.34. The van der Waals surface area contributed by atoms with Crippen LogP contribution in [-0.2, 0) is 11.3 Å². The van der Waals surface area contributed by atoms with Crippen molar-refractivity contribution in [3.63, 3.8) is 0 Å². The molecular formula is C19H21ClFN3O. The molecule has 0 aromatic heterocycles. The van der Waals surface area contributed by atoms with Crippen LogP contribution >= 0.6 is 11.6 Å². The molecule has 4 nitrogen and oxygen atoms in total. The number of rotatable bonds is 5. The van der Waals surface area contributed by atoms with E-state index in [4.69, 9.17) is 11.6 Å². The molecule has 1 N–H and O–H groups in total. The maximum atomic E-state index is 13.1. The van der Waals surface area contributed by atoms with Gasteiger partial charge in [0.05, 0.1) is 11.6 Å². The Kier molecular flexibility index (Phi) is 6.02. The molecule has 0 unspecified atom stereocenters. The molecule has 0 atom stereocenters. The topological polar surface area (TPSA) is 35.6 Å². The number of halogens is 2. The maximum absolute atomic E-state index is 13.1. The first kappa shape index (κ1) is 17.9. The number of hydrogen-bond acceptors (Lipinski definition) is 3. The summed E-state index contributed by atoms with van der Waals surface area (Å²) in [6.07, 6.45) is 0. The van der Waals surface area contributed by atoms with Gasteiger partial charge in [-0.2, -0.15) is 0 Å². The number of hydrogen-bond donors (Lipinski definition) is 1. The van der Waals surface area contributed by atoms with Crippen LogP contribution in [0, 0.1) is 5.82 Å². The lowest BCUT2D eigenvalue weighted by Gasteiger charge is -2.34. The summed E-state index contributed by atoms with van der Waals surface area (Å²) in [5, 5.41) is 2.77. The average molecular weight is 362 g/mol. The van der Waals surface area contributed by atoms with Crippen molar-refractivity contribution < 1.29 is 9.18 Å².